The summed E-state index contributed by atoms with van der Waals surface area (Å²) in [4.78, 5) is 10.4. The Kier molecular flexibility index (Phi) is 2.70. The number of hydrogen-bond donors (Lipinski definition) is 0. The number of ether oxygens (including phenoxy) is 2. The lowest BCUT2D eigenvalue weighted by molar-refractivity contribution is -0.163. The molecule has 0 N–H and O–H groups in total. The van der Waals surface area contributed by atoms with Crippen molar-refractivity contribution < 1.29 is 14.3 Å². The number of aldehydes is 1. The van der Waals surface area contributed by atoms with Crippen molar-refractivity contribution in [3.63, 3.8) is 0 Å². The minimum Gasteiger partial charge on any atom is -0.347 e. The smallest absolute Gasteiger partial charge is 0.172 e. The van der Waals surface area contributed by atoms with Crippen LogP contribution in [0, 0.1) is 0 Å². The number of hydrogen-bond acceptors (Lipinski definition) is 3. The molecule has 14 heavy (non-hydrogen) atoms. The Bertz CT molecular complexity index is 262. The van der Waals surface area contributed by atoms with Crippen molar-refractivity contribution in [2.45, 2.75) is 38.4 Å². The summed E-state index contributed by atoms with van der Waals surface area (Å²) < 4.78 is 11.3. The van der Waals surface area contributed by atoms with Crippen LogP contribution < -0.4 is 0 Å². The Hall–Kier alpha value is -0.670. The van der Waals surface area contributed by atoms with Crippen molar-refractivity contribution in [1.82, 2.24) is 0 Å². The van der Waals surface area contributed by atoms with Gasteiger partial charge in [-0.1, -0.05) is 11.1 Å². The van der Waals surface area contributed by atoms with Crippen molar-refractivity contribution in [2.24, 2.45) is 0 Å². The van der Waals surface area contributed by atoms with Crippen LogP contribution in [0.3, 0.4) is 0 Å². The fourth-order valence-electron chi connectivity index (χ4n) is 2.29. The largest absolute Gasteiger partial charge is 0.347 e. The number of allylic oxidation sites excluding steroid dienone is 1. The van der Waals surface area contributed by atoms with E-state index in [0.717, 1.165) is 25.5 Å². The summed E-state index contributed by atoms with van der Waals surface area (Å²) in [6.45, 7) is 3.48. The van der Waals surface area contributed by atoms with Crippen molar-refractivity contribution in [3.8, 4) is 0 Å². The van der Waals surface area contributed by atoms with Crippen LogP contribution in [0.25, 0.3) is 0 Å². The highest BCUT2D eigenvalue weighted by molar-refractivity contribution is 5.55. The van der Waals surface area contributed by atoms with Gasteiger partial charge in [0.25, 0.3) is 0 Å². The fourth-order valence-corrected chi connectivity index (χ4v) is 2.29. The van der Waals surface area contributed by atoms with Gasteiger partial charge in [0.1, 0.15) is 6.29 Å². The summed E-state index contributed by atoms with van der Waals surface area (Å²) >= 11 is 0. The molecular weight excluding hydrogens is 180 g/mol. The summed E-state index contributed by atoms with van der Waals surface area (Å²) in [5.74, 6) is -0.351. The maximum absolute atomic E-state index is 10.4. The van der Waals surface area contributed by atoms with Gasteiger partial charge in [-0.2, -0.15) is 0 Å². The van der Waals surface area contributed by atoms with E-state index in [0.29, 0.717) is 19.6 Å². The lowest BCUT2D eigenvalue weighted by Crippen LogP contribution is -2.33. The topological polar surface area (TPSA) is 35.5 Å². The zero-order chi connectivity index (χ0) is 10.0. The number of carbonyl (C=O) groups excluding carboxylic acids is 1. The van der Waals surface area contributed by atoms with Crippen LogP contribution in [-0.2, 0) is 14.3 Å². The van der Waals surface area contributed by atoms with Crippen molar-refractivity contribution in [2.75, 3.05) is 13.2 Å². The van der Waals surface area contributed by atoms with Crippen LogP contribution in [0.4, 0.5) is 0 Å². The van der Waals surface area contributed by atoms with Gasteiger partial charge in [-0.3, -0.25) is 0 Å². The molecule has 0 atom stereocenters. The molecule has 1 fully saturated rings. The average molecular weight is 196 g/mol. The maximum Gasteiger partial charge on any atom is 0.172 e. The standard InChI is InChI=1S/C11H16O3/c1-9-8-11(13-6-7-14-11)4-2-10(9)3-5-12/h5H,2-4,6-8H2,1H3. The van der Waals surface area contributed by atoms with E-state index in [2.05, 4.69) is 6.92 Å². The molecule has 0 aromatic carbocycles. The molecule has 1 aliphatic heterocycles. The van der Waals surface area contributed by atoms with Crippen LogP contribution >= 0.6 is 0 Å². The predicted octanol–water partition coefficient (Wildman–Crippen LogP) is 1.82. The van der Waals surface area contributed by atoms with E-state index in [1.165, 1.54) is 11.1 Å². The number of carbonyl (C=O) groups is 1. The molecule has 78 valence electrons. The van der Waals surface area contributed by atoms with Crippen molar-refractivity contribution >= 4 is 6.29 Å². The molecule has 0 radical (unpaired) electrons. The number of rotatable bonds is 2. The Morgan fingerprint density at radius 1 is 1.43 bits per heavy atom. The summed E-state index contributed by atoms with van der Waals surface area (Å²) in [5, 5.41) is 0. The lowest BCUT2D eigenvalue weighted by atomic mass is 9.87. The Morgan fingerprint density at radius 2 is 2.14 bits per heavy atom. The molecule has 2 rings (SSSR count). The van der Waals surface area contributed by atoms with E-state index < -0.39 is 0 Å². The third-order valence-corrected chi connectivity index (χ3v) is 3.09. The van der Waals surface area contributed by atoms with Crippen molar-refractivity contribution in [3.05, 3.63) is 11.1 Å². The summed E-state index contributed by atoms with van der Waals surface area (Å²) in [5.41, 5.74) is 2.54. The maximum atomic E-state index is 10.4. The highest BCUT2D eigenvalue weighted by Crippen LogP contribution is 2.39. The van der Waals surface area contributed by atoms with E-state index in [1.807, 2.05) is 0 Å². The molecule has 0 aromatic heterocycles. The summed E-state index contributed by atoms with van der Waals surface area (Å²) in [7, 11) is 0. The molecule has 0 saturated carbocycles. The molecule has 1 saturated heterocycles. The monoisotopic (exact) mass is 196 g/mol. The van der Waals surface area contributed by atoms with Crippen LogP contribution in [0.5, 0.6) is 0 Å². The molecule has 3 heteroatoms. The van der Waals surface area contributed by atoms with Gasteiger partial charge < -0.3 is 14.3 Å². The lowest BCUT2D eigenvalue weighted by Gasteiger charge is -2.33. The molecule has 0 unspecified atom stereocenters. The Balaban J connectivity index is 2.09. The molecule has 0 aromatic rings. The highest BCUT2D eigenvalue weighted by atomic mass is 16.7. The van der Waals surface area contributed by atoms with Gasteiger partial charge in [0.05, 0.1) is 13.2 Å². The van der Waals surface area contributed by atoms with Crippen molar-refractivity contribution in [1.29, 1.82) is 0 Å². The van der Waals surface area contributed by atoms with Gasteiger partial charge in [-0.15, -0.1) is 0 Å². The SMILES string of the molecule is CC1=C(CC=O)CCC2(C1)OCCO2. The second kappa shape index (κ2) is 3.83. The Labute approximate surface area is 84.1 Å². The molecule has 3 nitrogen and oxygen atoms in total. The molecular formula is C11H16O3. The second-order valence-corrected chi connectivity index (χ2v) is 4.04. The van der Waals surface area contributed by atoms with Gasteiger partial charge in [0.2, 0.25) is 0 Å². The Morgan fingerprint density at radius 3 is 2.71 bits per heavy atom. The molecule has 1 spiro atoms. The van der Waals surface area contributed by atoms with Gasteiger partial charge in [0, 0.05) is 19.3 Å². The molecule has 0 bridgehead atoms. The van der Waals surface area contributed by atoms with E-state index in [-0.39, 0.29) is 5.79 Å². The summed E-state index contributed by atoms with van der Waals surface area (Å²) in [6.07, 6.45) is 4.21. The highest BCUT2D eigenvalue weighted by Gasteiger charge is 2.39. The van der Waals surface area contributed by atoms with Gasteiger partial charge >= 0.3 is 0 Å². The minimum atomic E-state index is -0.351. The van der Waals surface area contributed by atoms with Gasteiger partial charge in [0.15, 0.2) is 5.79 Å². The van der Waals surface area contributed by atoms with Crippen LogP contribution in [-0.4, -0.2) is 25.3 Å². The first-order chi connectivity index (χ1) is 6.76. The van der Waals surface area contributed by atoms with E-state index in [4.69, 9.17) is 9.47 Å². The van der Waals surface area contributed by atoms with Crippen LogP contribution in [0.15, 0.2) is 11.1 Å². The molecule has 1 heterocycles. The molecule has 1 aliphatic carbocycles. The molecule has 0 amide bonds. The van der Waals surface area contributed by atoms with E-state index in [1.54, 1.807) is 0 Å². The summed E-state index contributed by atoms with van der Waals surface area (Å²) in [6, 6.07) is 0. The first-order valence-electron chi connectivity index (χ1n) is 5.15. The third kappa shape index (κ3) is 1.74. The minimum absolute atomic E-state index is 0.351. The van der Waals surface area contributed by atoms with E-state index in [9.17, 15) is 4.79 Å². The molecule has 2 aliphatic rings. The normalized spacial score (nSPS) is 25.8. The van der Waals surface area contributed by atoms with Gasteiger partial charge in [-0.25, -0.2) is 0 Å². The van der Waals surface area contributed by atoms with Crippen LogP contribution in [0.1, 0.15) is 32.6 Å². The second-order valence-electron chi connectivity index (χ2n) is 4.04. The zero-order valence-corrected chi connectivity index (χ0v) is 8.54. The van der Waals surface area contributed by atoms with E-state index >= 15 is 0 Å². The fraction of sp³-hybridized carbons (Fsp3) is 0.727. The quantitative estimate of drug-likeness (QED) is 0.499. The zero-order valence-electron chi connectivity index (χ0n) is 8.54. The average Bonchev–Trinajstić information content (AvgIpc) is 2.59. The first kappa shape index (κ1) is 9.87. The van der Waals surface area contributed by atoms with Gasteiger partial charge in [-0.05, 0) is 13.3 Å². The third-order valence-electron chi connectivity index (χ3n) is 3.09. The predicted molar refractivity (Wildman–Crippen MR) is 51.9 cm³/mol. The van der Waals surface area contributed by atoms with Crippen LogP contribution in [0.2, 0.25) is 0 Å². The first-order valence-corrected chi connectivity index (χ1v) is 5.15.